The van der Waals surface area contributed by atoms with Gasteiger partial charge in [-0.3, -0.25) is 4.79 Å². The lowest BCUT2D eigenvalue weighted by molar-refractivity contribution is -0.115. The molecule has 0 aliphatic carbocycles. The van der Waals surface area contributed by atoms with Crippen molar-refractivity contribution in [2.45, 2.75) is 20.3 Å². The zero-order valence-electron chi connectivity index (χ0n) is 13.2. The van der Waals surface area contributed by atoms with Crippen LogP contribution in [0.15, 0.2) is 23.0 Å². The minimum atomic E-state index is -0.182. The van der Waals surface area contributed by atoms with Crippen LogP contribution in [0.1, 0.15) is 17.6 Å². The second-order valence-corrected chi connectivity index (χ2v) is 6.32. The monoisotopic (exact) mass is 331 g/mol. The van der Waals surface area contributed by atoms with Gasteiger partial charge in [-0.1, -0.05) is 12.1 Å². The third-order valence-corrected chi connectivity index (χ3v) is 4.53. The normalized spacial score (nSPS) is 10.9. The van der Waals surface area contributed by atoms with Crippen molar-refractivity contribution in [3.63, 3.8) is 0 Å². The summed E-state index contributed by atoms with van der Waals surface area (Å²) in [7, 11) is 1.83. The van der Waals surface area contributed by atoms with E-state index >= 15 is 0 Å². The molecule has 0 aromatic carbocycles. The van der Waals surface area contributed by atoms with E-state index in [1.807, 2.05) is 7.05 Å². The van der Waals surface area contributed by atoms with Crippen LogP contribution in [-0.4, -0.2) is 34.6 Å². The Hall–Kier alpha value is -2.48. The molecule has 3 rings (SSSR count). The van der Waals surface area contributed by atoms with Gasteiger partial charge in [0.05, 0.1) is 11.9 Å². The van der Waals surface area contributed by atoms with Gasteiger partial charge >= 0.3 is 0 Å². The van der Waals surface area contributed by atoms with Crippen LogP contribution in [-0.2, 0) is 11.2 Å². The number of aryl methyl sites for hydroxylation is 2. The molecule has 0 aliphatic heterocycles. The smallest absolute Gasteiger partial charge is 0.245 e. The van der Waals surface area contributed by atoms with E-state index in [0.717, 1.165) is 22.5 Å². The van der Waals surface area contributed by atoms with Crippen LogP contribution in [0.25, 0.3) is 10.2 Å². The van der Waals surface area contributed by atoms with E-state index in [4.69, 9.17) is 4.52 Å². The minimum Gasteiger partial charge on any atom is -0.360 e. The molecule has 0 unspecified atom stereocenters. The molecule has 0 radical (unpaired) electrons. The Balaban J connectivity index is 1.76. The molecule has 0 saturated carbocycles. The fraction of sp³-hybridized carbons (Fsp3) is 0.333. The summed E-state index contributed by atoms with van der Waals surface area (Å²) in [5.74, 6) is 1.63. The number of anilines is 2. The molecular formula is C15H17N5O2S. The molecule has 3 heterocycles. The highest BCUT2D eigenvalue weighted by Crippen LogP contribution is 2.29. The minimum absolute atomic E-state index is 0.162. The van der Waals surface area contributed by atoms with Crippen molar-refractivity contribution in [2.75, 3.05) is 23.8 Å². The number of rotatable bonds is 5. The Labute approximate surface area is 137 Å². The average molecular weight is 331 g/mol. The van der Waals surface area contributed by atoms with Crippen LogP contribution in [0.3, 0.4) is 0 Å². The number of amides is 1. The first-order valence-corrected chi connectivity index (χ1v) is 8.06. The molecule has 1 amide bonds. The summed E-state index contributed by atoms with van der Waals surface area (Å²) < 4.78 is 4.93. The second-order valence-electron chi connectivity index (χ2n) is 5.21. The van der Waals surface area contributed by atoms with Crippen LogP contribution < -0.4 is 10.2 Å². The predicted octanol–water partition coefficient (Wildman–Crippen LogP) is 2.63. The fourth-order valence-electron chi connectivity index (χ4n) is 2.27. The number of aromatic nitrogens is 3. The van der Waals surface area contributed by atoms with Crippen molar-refractivity contribution in [3.05, 3.63) is 29.1 Å². The van der Waals surface area contributed by atoms with E-state index in [1.165, 1.54) is 11.2 Å². The van der Waals surface area contributed by atoms with E-state index in [2.05, 4.69) is 33.4 Å². The first-order chi connectivity index (χ1) is 11.1. The molecule has 3 aromatic heterocycles. The maximum absolute atomic E-state index is 12.1. The molecule has 0 aliphatic rings. The summed E-state index contributed by atoms with van der Waals surface area (Å²) in [5, 5.41) is 7.43. The van der Waals surface area contributed by atoms with Gasteiger partial charge in [0.25, 0.3) is 0 Å². The Bertz CT molecular complexity index is 841. The standard InChI is InChI=1S/C15H17N5O2S/c1-4-10-6-11-14(16-8-17-15(11)23-10)20(3)7-13(21)18-12-5-9(2)22-19-12/h5-6,8H,4,7H2,1-3H3,(H,18,19,21). The van der Waals surface area contributed by atoms with E-state index in [-0.39, 0.29) is 12.5 Å². The summed E-state index contributed by atoms with van der Waals surface area (Å²) in [6.07, 6.45) is 2.49. The highest BCUT2D eigenvalue weighted by Gasteiger charge is 2.15. The topological polar surface area (TPSA) is 84.2 Å². The summed E-state index contributed by atoms with van der Waals surface area (Å²) in [6, 6.07) is 3.76. The lowest BCUT2D eigenvalue weighted by Crippen LogP contribution is -2.30. The van der Waals surface area contributed by atoms with Crippen molar-refractivity contribution in [1.82, 2.24) is 15.1 Å². The second kappa shape index (κ2) is 6.33. The number of thiophene rings is 1. The average Bonchev–Trinajstić information content (AvgIpc) is 3.12. The number of hydrogen-bond acceptors (Lipinski definition) is 7. The van der Waals surface area contributed by atoms with E-state index < -0.39 is 0 Å². The fourth-order valence-corrected chi connectivity index (χ4v) is 3.20. The van der Waals surface area contributed by atoms with E-state index in [0.29, 0.717) is 11.6 Å². The van der Waals surface area contributed by atoms with E-state index in [9.17, 15) is 4.79 Å². The first-order valence-electron chi connectivity index (χ1n) is 7.24. The van der Waals surface area contributed by atoms with Crippen LogP contribution >= 0.6 is 11.3 Å². The van der Waals surface area contributed by atoms with Crippen molar-refractivity contribution >= 4 is 39.1 Å². The highest BCUT2D eigenvalue weighted by atomic mass is 32.1. The number of likely N-dealkylation sites (N-methyl/N-ethyl adjacent to an activating group) is 1. The van der Waals surface area contributed by atoms with Crippen LogP contribution in [0.4, 0.5) is 11.6 Å². The number of nitrogens with one attached hydrogen (secondary N) is 1. The summed E-state index contributed by atoms with van der Waals surface area (Å²) >= 11 is 1.65. The van der Waals surface area contributed by atoms with E-state index in [1.54, 1.807) is 29.2 Å². The number of nitrogens with zero attached hydrogens (tertiary/aromatic N) is 4. The zero-order chi connectivity index (χ0) is 16.4. The maximum atomic E-state index is 12.1. The lowest BCUT2D eigenvalue weighted by Gasteiger charge is -2.17. The van der Waals surface area contributed by atoms with Gasteiger partial charge in [-0.05, 0) is 19.4 Å². The van der Waals surface area contributed by atoms with Gasteiger partial charge in [0.2, 0.25) is 5.91 Å². The molecule has 0 atom stereocenters. The molecule has 0 bridgehead atoms. The molecule has 0 saturated heterocycles. The Kier molecular flexibility index (Phi) is 4.24. The third kappa shape index (κ3) is 3.31. The van der Waals surface area contributed by atoms with Gasteiger partial charge in [-0.2, -0.15) is 0 Å². The molecule has 3 aromatic rings. The summed E-state index contributed by atoms with van der Waals surface area (Å²) in [5.41, 5.74) is 0. The number of hydrogen-bond donors (Lipinski definition) is 1. The van der Waals surface area contributed by atoms with Crippen LogP contribution in [0.5, 0.6) is 0 Å². The van der Waals surface area contributed by atoms with Gasteiger partial charge in [0, 0.05) is 18.0 Å². The van der Waals surface area contributed by atoms with Gasteiger partial charge < -0.3 is 14.7 Å². The molecule has 8 heteroatoms. The predicted molar refractivity (Wildman–Crippen MR) is 89.9 cm³/mol. The molecule has 23 heavy (non-hydrogen) atoms. The van der Waals surface area contributed by atoms with Crippen molar-refractivity contribution in [2.24, 2.45) is 0 Å². The Morgan fingerprint density at radius 2 is 2.22 bits per heavy atom. The first kappa shape index (κ1) is 15.4. The van der Waals surface area contributed by atoms with Gasteiger partial charge in [0.15, 0.2) is 5.82 Å². The zero-order valence-corrected chi connectivity index (χ0v) is 14.0. The lowest BCUT2D eigenvalue weighted by atomic mass is 10.3. The quantitative estimate of drug-likeness (QED) is 0.774. The van der Waals surface area contributed by atoms with Crippen LogP contribution in [0.2, 0.25) is 0 Å². The van der Waals surface area contributed by atoms with Gasteiger partial charge in [0.1, 0.15) is 22.7 Å². The number of carbonyl (C=O) groups is 1. The van der Waals surface area contributed by atoms with Gasteiger partial charge in [-0.25, -0.2) is 9.97 Å². The SMILES string of the molecule is CCc1cc2c(N(C)CC(=O)Nc3cc(C)on3)ncnc2s1. The number of carbonyl (C=O) groups excluding carboxylic acids is 1. The molecule has 7 nitrogen and oxygen atoms in total. The van der Waals surface area contributed by atoms with Crippen molar-refractivity contribution < 1.29 is 9.32 Å². The summed E-state index contributed by atoms with van der Waals surface area (Å²) in [6.45, 7) is 4.04. The molecule has 0 fully saturated rings. The van der Waals surface area contributed by atoms with Crippen molar-refractivity contribution in [1.29, 1.82) is 0 Å². The number of fused-ring (bicyclic) bond motifs is 1. The van der Waals surface area contributed by atoms with Crippen LogP contribution in [0, 0.1) is 6.92 Å². The molecule has 1 N–H and O–H groups in total. The molecule has 0 spiro atoms. The summed E-state index contributed by atoms with van der Waals surface area (Å²) in [4.78, 5) is 24.7. The highest BCUT2D eigenvalue weighted by molar-refractivity contribution is 7.18. The third-order valence-electron chi connectivity index (χ3n) is 3.35. The van der Waals surface area contributed by atoms with Gasteiger partial charge in [-0.15, -0.1) is 11.3 Å². The molecule has 120 valence electrons. The Morgan fingerprint density at radius 1 is 1.39 bits per heavy atom. The largest absolute Gasteiger partial charge is 0.360 e. The maximum Gasteiger partial charge on any atom is 0.245 e. The van der Waals surface area contributed by atoms with Crippen molar-refractivity contribution in [3.8, 4) is 0 Å². The Morgan fingerprint density at radius 3 is 2.91 bits per heavy atom. The molecular weight excluding hydrogens is 314 g/mol.